The predicted molar refractivity (Wildman–Crippen MR) is 82.2 cm³/mol. The number of rotatable bonds is 4. The maximum Gasteiger partial charge on any atom is 0.242 e. The fraction of sp³-hybridized carbons (Fsp3) is 0.533. The quantitative estimate of drug-likeness (QED) is 0.797. The Morgan fingerprint density at radius 3 is 2.57 bits per heavy atom. The number of nitrogens with one attached hydrogen (secondary N) is 2. The van der Waals surface area contributed by atoms with Crippen molar-refractivity contribution in [2.75, 3.05) is 5.32 Å². The molecular weight excluding hydrogens is 342 g/mol. The zero-order valence-electron chi connectivity index (χ0n) is 11.9. The van der Waals surface area contributed by atoms with Crippen LogP contribution < -0.4 is 10.6 Å². The third-order valence-electron chi connectivity index (χ3n) is 3.73. The van der Waals surface area contributed by atoms with E-state index in [9.17, 15) is 13.6 Å². The van der Waals surface area contributed by atoms with Crippen LogP contribution in [0.2, 0.25) is 0 Å². The number of amides is 1. The van der Waals surface area contributed by atoms with Crippen LogP contribution in [0, 0.1) is 11.6 Å². The minimum atomic E-state index is -0.715. The molecule has 0 radical (unpaired) electrons. The molecule has 1 aromatic carbocycles. The Balaban J connectivity index is 1.95. The molecule has 0 heterocycles. The molecule has 0 saturated heterocycles. The molecule has 2 N–H and O–H groups in total. The number of anilines is 1. The molecular formula is C15H19BrF2N2O. The molecule has 0 aliphatic heterocycles. The standard InChI is InChI=1S/C15H19BrF2N2O/c1-9(15(21)20-10-5-3-2-4-6-10)19-14-7-11(16)12(17)8-13(14)18/h7-10,19H,2-6H2,1H3,(H,20,21). The lowest BCUT2D eigenvalue weighted by atomic mass is 9.95. The Morgan fingerprint density at radius 1 is 1.24 bits per heavy atom. The molecule has 1 unspecified atom stereocenters. The zero-order valence-corrected chi connectivity index (χ0v) is 13.5. The lowest BCUT2D eigenvalue weighted by molar-refractivity contribution is -0.122. The summed E-state index contributed by atoms with van der Waals surface area (Å²) in [6.45, 7) is 1.66. The SMILES string of the molecule is CC(Nc1cc(Br)c(F)cc1F)C(=O)NC1CCCCC1. The smallest absolute Gasteiger partial charge is 0.242 e. The van der Waals surface area contributed by atoms with E-state index in [1.807, 2.05) is 0 Å². The maximum atomic E-state index is 13.7. The van der Waals surface area contributed by atoms with Gasteiger partial charge in [0.15, 0.2) is 0 Å². The highest BCUT2D eigenvalue weighted by Crippen LogP contribution is 2.24. The van der Waals surface area contributed by atoms with Crippen LogP contribution >= 0.6 is 15.9 Å². The monoisotopic (exact) mass is 360 g/mol. The Bertz CT molecular complexity index is 519. The van der Waals surface area contributed by atoms with Crippen molar-refractivity contribution in [1.29, 1.82) is 0 Å². The molecule has 116 valence electrons. The normalized spacial score (nSPS) is 17.3. The van der Waals surface area contributed by atoms with Crippen molar-refractivity contribution in [3.63, 3.8) is 0 Å². The molecule has 3 nitrogen and oxygen atoms in total. The van der Waals surface area contributed by atoms with Crippen LogP contribution in [0.1, 0.15) is 39.0 Å². The highest BCUT2D eigenvalue weighted by Gasteiger charge is 2.20. The van der Waals surface area contributed by atoms with E-state index >= 15 is 0 Å². The van der Waals surface area contributed by atoms with Gasteiger partial charge in [0.25, 0.3) is 0 Å². The molecule has 1 amide bonds. The third-order valence-corrected chi connectivity index (χ3v) is 4.33. The van der Waals surface area contributed by atoms with Gasteiger partial charge in [0.1, 0.15) is 17.7 Å². The van der Waals surface area contributed by atoms with Gasteiger partial charge in [0, 0.05) is 12.1 Å². The summed E-state index contributed by atoms with van der Waals surface area (Å²) in [5, 5.41) is 5.76. The molecule has 21 heavy (non-hydrogen) atoms. The van der Waals surface area contributed by atoms with Gasteiger partial charge in [-0.2, -0.15) is 0 Å². The number of halogens is 3. The van der Waals surface area contributed by atoms with Crippen LogP contribution in [-0.2, 0) is 4.79 Å². The van der Waals surface area contributed by atoms with Gasteiger partial charge in [-0.3, -0.25) is 4.79 Å². The molecule has 1 aromatic rings. The number of benzene rings is 1. The molecule has 1 aliphatic rings. The van der Waals surface area contributed by atoms with Gasteiger partial charge in [-0.15, -0.1) is 0 Å². The lowest BCUT2D eigenvalue weighted by Gasteiger charge is -2.25. The molecule has 0 spiro atoms. The fourth-order valence-electron chi connectivity index (χ4n) is 2.51. The van der Waals surface area contributed by atoms with Gasteiger partial charge in [0.2, 0.25) is 5.91 Å². The molecule has 1 atom stereocenters. The largest absolute Gasteiger partial charge is 0.371 e. The fourth-order valence-corrected chi connectivity index (χ4v) is 2.85. The van der Waals surface area contributed by atoms with E-state index in [-0.39, 0.29) is 22.1 Å². The number of hydrogen-bond acceptors (Lipinski definition) is 2. The zero-order chi connectivity index (χ0) is 15.4. The second-order valence-electron chi connectivity index (χ2n) is 5.46. The van der Waals surface area contributed by atoms with Crippen molar-refractivity contribution in [3.05, 3.63) is 28.2 Å². The van der Waals surface area contributed by atoms with Crippen molar-refractivity contribution >= 4 is 27.5 Å². The number of carbonyl (C=O) groups excluding carboxylic acids is 1. The topological polar surface area (TPSA) is 41.1 Å². The van der Waals surface area contributed by atoms with Crippen molar-refractivity contribution in [2.45, 2.75) is 51.1 Å². The van der Waals surface area contributed by atoms with E-state index in [1.165, 1.54) is 12.5 Å². The van der Waals surface area contributed by atoms with Crippen molar-refractivity contribution in [2.24, 2.45) is 0 Å². The molecule has 2 rings (SSSR count). The van der Waals surface area contributed by atoms with Gasteiger partial charge < -0.3 is 10.6 Å². The van der Waals surface area contributed by atoms with Gasteiger partial charge in [-0.05, 0) is 41.8 Å². The maximum absolute atomic E-state index is 13.7. The third kappa shape index (κ3) is 4.40. The summed E-state index contributed by atoms with van der Waals surface area (Å²) in [5.74, 6) is -1.55. The summed E-state index contributed by atoms with van der Waals surface area (Å²) < 4.78 is 27.0. The second kappa shape index (κ2) is 7.20. The summed E-state index contributed by atoms with van der Waals surface area (Å²) in [4.78, 5) is 12.1. The van der Waals surface area contributed by atoms with Crippen LogP contribution in [0.5, 0.6) is 0 Å². The van der Waals surface area contributed by atoms with Crippen molar-refractivity contribution in [3.8, 4) is 0 Å². The van der Waals surface area contributed by atoms with Crippen LogP contribution in [0.3, 0.4) is 0 Å². The van der Waals surface area contributed by atoms with Crippen LogP contribution in [-0.4, -0.2) is 18.0 Å². The van der Waals surface area contributed by atoms with E-state index in [2.05, 4.69) is 26.6 Å². The minimum Gasteiger partial charge on any atom is -0.371 e. The number of carbonyl (C=O) groups is 1. The van der Waals surface area contributed by atoms with E-state index in [0.717, 1.165) is 31.7 Å². The first-order valence-electron chi connectivity index (χ1n) is 7.19. The Labute approximate surface area is 131 Å². The first kappa shape index (κ1) is 16.2. The first-order valence-corrected chi connectivity index (χ1v) is 7.98. The molecule has 1 aliphatic carbocycles. The summed E-state index contributed by atoms with van der Waals surface area (Å²) >= 11 is 3.00. The van der Waals surface area contributed by atoms with Gasteiger partial charge in [-0.1, -0.05) is 19.3 Å². The van der Waals surface area contributed by atoms with Gasteiger partial charge in [0.05, 0.1) is 10.2 Å². The highest BCUT2D eigenvalue weighted by molar-refractivity contribution is 9.10. The van der Waals surface area contributed by atoms with Gasteiger partial charge >= 0.3 is 0 Å². The molecule has 6 heteroatoms. The predicted octanol–water partition coefficient (Wildman–Crippen LogP) is 3.98. The van der Waals surface area contributed by atoms with Crippen molar-refractivity contribution in [1.82, 2.24) is 5.32 Å². The molecule has 1 saturated carbocycles. The van der Waals surface area contributed by atoms with E-state index in [1.54, 1.807) is 6.92 Å². The Hall–Kier alpha value is -1.17. The lowest BCUT2D eigenvalue weighted by Crippen LogP contribution is -2.44. The Kier molecular flexibility index (Phi) is 5.56. The van der Waals surface area contributed by atoms with Crippen LogP contribution in [0.25, 0.3) is 0 Å². The minimum absolute atomic E-state index is 0.106. The summed E-state index contributed by atoms with van der Waals surface area (Å²) in [5.41, 5.74) is 0.106. The average molecular weight is 361 g/mol. The van der Waals surface area contributed by atoms with Crippen molar-refractivity contribution < 1.29 is 13.6 Å². The van der Waals surface area contributed by atoms with E-state index in [4.69, 9.17) is 0 Å². The molecule has 0 bridgehead atoms. The first-order chi connectivity index (χ1) is 9.97. The molecule has 0 aromatic heterocycles. The second-order valence-corrected chi connectivity index (χ2v) is 6.31. The summed E-state index contributed by atoms with van der Waals surface area (Å²) in [7, 11) is 0. The number of hydrogen-bond donors (Lipinski definition) is 2. The Morgan fingerprint density at radius 2 is 1.90 bits per heavy atom. The average Bonchev–Trinajstić information content (AvgIpc) is 2.45. The van der Waals surface area contributed by atoms with E-state index < -0.39 is 17.7 Å². The van der Waals surface area contributed by atoms with E-state index in [0.29, 0.717) is 0 Å². The van der Waals surface area contributed by atoms with Gasteiger partial charge in [-0.25, -0.2) is 8.78 Å². The van der Waals surface area contributed by atoms with Crippen LogP contribution in [0.4, 0.5) is 14.5 Å². The summed E-state index contributed by atoms with van der Waals surface area (Å²) in [6, 6.07) is 1.71. The highest BCUT2D eigenvalue weighted by atomic mass is 79.9. The van der Waals surface area contributed by atoms with Crippen LogP contribution in [0.15, 0.2) is 16.6 Å². The molecule has 1 fully saturated rings. The summed E-state index contributed by atoms with van der Waals surface area (Å²) in [6.07, 6.45) is 5.47.